The summed E-state index contributed by atoms with van der Waals surface area (Å²) in [6, 6.07) is 7.79. The topological polar surface area (TPSA) is 46.2 Å². The van der Waals surface area contributed by atoms with Crippen LogP contribution in [0.5, 0.6) is 0 Å². The van der Waals surface area contributed by atoms with Crippen LogP contribution in [0.15, 0.2) is 30.0 Å². The van der Waals surface area contributed by atoms with Crippen LogP contribution in [-0.4, -0.2) is 8.42 Å². The number of sulfonamides is 1. The van der Waals surface area contributed by atoms with Crippen molar-refractivity contribution in [1.29, 1.82) is 0 Å². The molecule has 0 spiro atoms. The summed E-state index contributed by atoms with van der Waals surface area (Å²) in [6.07, 6.45) is 0. The predicted octanol–water partition coefficient (Wildman–Crippen LogP) is 3.14. The van der Waals surface area contributed by atoms with Crippen molar-refractivity contribution in [3.8, 4) is 0 Å². The van der Waals surface area contributed by atoms with Crippen LogP contribution in [0.3, 0.4) is 0 Å². The van der Waals surface area contributed by atoms with E-state index in [0.717, 1.165) is 22.4 Å². The zero-order chi connectivity index (χ0) is 14.2. The number of nitrogens with one attached hydrogen (secondary N) is 1. The van der Waals surface area contributed by atoms with Crippen LogP contribution in [0.25, 0.3) is 5.57 Å². The standard InChI is InChI=1S/C15H21NO2S/c1-10(2)14-13-8-6-5-7-12(13)9-19(17,18)16-15(14)11(3)4/h5-8,10-11,16H,9H2,1-4H3. The van der Waals surface area contributed by atoms with Gasteiger partial charge in [0.05, 0.1) is 5.75 Å². The summed E-state index contributed by atoms with van der Waals surface area (Å²) in [5, 5.41) is 0. The van der Waals surface area contributed by atoms with E-state index in [1.54, 1.807) is 0 Å². The quantitative estimate of drug-likeness (QED) is 0.904. The smallest absolute Gasteiger partial charge is 0.236 e. The number of rotatable bonds is 2. The molecule has 0 unspecified atom stereocenters. The molecule has 1 aromatic rings. The first kappa shape index (κ1) is 14.1. The molecule has 0 saturated carbocycles. The third kappa shape index (κ3) is 2.84. The molecule has 1 aliphatic heterocycles. The maximum atomic E-state index is 12.2. The van der Waals surface area contributed by atoms with Gasteiger partial charge in [0.2, 0.25) is 10.0 Å². The Balaban J connectivity index is 2.77. The second-order valence-corrected chi connectivity index (χ2v) is 7.38. The number of allylic oxidation sites excluding steroid dienone is 2. The molecule has 19 heavy (non-hydrogen) atoms. The van der Waals surface area contributed by atoms with E-state index in [2.05, 4.69) is 18.6 Å². The maximum Gasteiger partial charge on any atom is 0.236 e. The van der Waals surface area contributed by atoms with Gasteiger partial charge in [-0.25, -0.2) is 8.42 Å². The van der Waals surface area contributed by atoms with Crippen molar-refractivity contribution in [2.75, 3.05) is 0 Å². The molecule has 0 radical (unpaired) electrons. The Bertz CT molecular complexity index is 613. The normalized spacial score (nSPS) is 18.2. The molecule has 0 aromatic heterocycles. The van der Waals surface area contributed by atoms with Gasteiger partial charge in [0, 0.05) is 5.70 Å². The molecule has 0 fully saturated rings. The van der Waals surface area contributed by atoms with Crippen LogP contribution in [-0.2, 0) is 15.8 Å². The van der Waals surface area contributed by atoms with Crippen LogP contribution >= 0.6 is 0 Å². The van der Waals surface area contributed by atoms with Gasteiger partial charge in [-0.1, -0.05) is 52.0 Å². The molecule has 0 bridgehead atoms. The van der Waals surface area contributed by atoms with Gasteiger partial charge in [-0.15, -0.1) is 0 Å². The molecule has 1 aliphatic rings. The molecule has 1 N–H and O–H groups in total. The van der Waals surface area contributed by atoms with Crippen molar-refractivity contribution in [2.45, 2.75) is 33.4 Å². The third-order valence-corrected chi connectivity index (χ3v) is 4.59. The molecular formula is C15H21NO2S. The zero-order valence-electron chi connectivity index (χ0n) is 11.9. The van der Waals surface area contributed by atoms with E-state index in [0.29, 0.717) is 0 Å². The molecule has 3 nitrogen and oxygen atoms in total. The van der Waals surface area contributed by atoms with E-state index in [4.69, 9.17) is 0 Å². The molecule has 0 atom stereocenters. The van der Waals surface area contributed by atoms with Gasteiger partial charge >= 0.3 is 0 Å². The summed E-state index contributed by atoms with van der Waals surface area (Å²) >= 11 is 0. The minimum atomic E-state index is -3.30. The molecule has 0 saturated heterocycles. The van der Waals surface area contributed by atoms with Gasteiger partial charge in [-0.05, 0) is 28.5 Å². The number of hydrogen-bond acceptors (Lipinski definition) is 2. The lowest BCUT2D eigenvalue weighted by molar-refractivity contribution is 0.581. The highest BCUT2D eigenvalue weighted by molar-refractivity contribution is 7.88. The number of hydrogen-bond donors (Lipinski definition) is 1. The Hall–Kier alpha value is -1.29. The Labute approximate surface area is 115 Å². The van der Waals surface area contributed by atoms with Gasteiger partial charge in [-0.2, -0.15) is 0 Å². The van der Waals surface area contributed by atoms with Crippen molar-refractivity contribution in [2.24, 2.45) is 11.8 Å². The molecule has 1 heterocycles. The lowest BCUT2D eigenvalue weighted by Crippen LogP contribution is -2.26. The molecule has 0 aliphatic carbocycles. The maximum absolute atomic E-state index is 12.2. The Kier molecular flexibility index (Phi) is 3.72. The van der Waals surface area contributed by atoms with Crippen molar-refractivity contribution >= 4 is 15.6 Å². The van der Waals surface area contributed by atoms with Crippen LogP contribution in [0.4, 0.5) is 0 Å². The van der Waals surface area contributed by atoms with E-state index in [9.17, 15) is 8.42 Å². The summed E-state index contributed by atoms with van der Waals surface area (Å²) in [6.45, 7) is 8.25. The van der Waals surface area contributed by atoms with E-state index in [1.807, 2.05) is 38.1 Å². The average Bonchev–Trinajstić information content (AvgIpc) is 2.40. The van der Waals surface area contributed by atoms with Gasteiger partial charge < -0.3 is 0 Å². The lowest BCUT2D eigenvalue weighted by Gasteiger charge is -2.20. The minimum Gasteiger partial charge on any atom is -0.286 e. The lowest BCUT2D eigenvalue weighted by atomic mass is 9.88. The van der Waals surface area contributed by atoms with E-state index >= 15 is 0 Å². The van der Waals surface area contributed by atoms with Crippen molar-refractivity contribution in [3.63, 3.8) is 0 Å². The molecule has 2 rings (SSSR count). The molecule has 4 heteroatoms. The summed E-state index contributed by atoms with van der Waals surface area (Å²) in [7, 11) is -3.30. The summed E-state index contributed by atoms with van der Waals surface area (Å²) < 4.78 is 27.1. The van der Waals surface area contributed by atoms with Crippen molar-refractivity contribution < 1.29 is 8.42 Å². The second kappa shape index (κ2) is 5.00. The summed E-state index contributed by atoms with van der Waals surface area (Å²) in [5.74, 6) is 0.480. The molecule has 1 aromatic carbocycles. The largest absolute Gasteiger partial charge is 0.286 e. The van der Waals surface area contributed by atoms with Crippen LogP contribution < -0.4 is 4.72 Å². The monoisotopic (exact) mass is 279 g/mol. The fourth-order valence-electron chi connectivity index (χ4n) is 2.57. The third-order valence-electron chi connectivity index (χ3n) is 3.36. The van der Waals surface area contributed by atoms with Crippen molar-refractivity contribution in [1.82, 2.24) is 4.72 Å². The Morgan fingerprint density at radius 1 is 1.05 bits per heavy atom. The highest BCUT2D eigenvalue weighted by Gasteiger charge is 2.27. The van der Waals surface area contributed by atoms with Gasteiger partial charge in [0.15, 0.2) is 0 Å². The van der Waals surface area contributed by atoms with E-state index in [1.165, 1.54) is 0 Å². The molecular weight excluding hydrogens is 258 g/mol. The van der Waals surface area contributed by atoms with Gasteiger partial charge in [-0.3, -0.25) is 4.72 Å². The highest BCUT2D eigenvalue weighted by atomic mass is 32.2. The summed E-state index contributed by atoms with van der Waals surface area (Å²) in [5.41, 5.74) is 3.90. The fourth-order valence-corrected chi connectivity index (χ4v) is 3.98. The second-order valence-electron chi connectivity index (χ2n) is 5.66. The first-order valence-corrected chi connectivity index (χ1v) is 8.30. The Morgan fingerprint density at radius 3 is 2.26 bits per heavy atom. The van der Waals surface area contributed by atoms with Crippen LogP contribution in [0.1, 0.15) is 38.8 Å². The first-order chi connectivity index (χ1) is 8.82. The predicted molar refractivity (Wildman–Crippen MR) is 78.8 cm³/mol. The van der Waals surface area contributed by atoms with E-state index in [-0.39, 0.29) is 17.6 Å². The zero-order valence-corrected chi connectivity index (χ0v) is 12.7. The first-order valence-electron chi connectivity index (χ1n) is 6.64. The van der Waals surface area contributed by atoms with Crippen LogP contribution in [0.2, 0.25) is 0 Å². The Morgan fingerprint density at radius 2 is 1.68 bits per heavy atom. The molecule has 0 amide bonds. The number of benzene rings is 1. The number of fused-ring (bicyclic) bond motifs is 1. The van der Waals surface area contributed by atoms with E-state index < -0.39 is 10.0 Å². The summed E-state index contributed by atoms with van der Waals surface area (Å²) in [4.78, 5) is 0. The average molecular weight is 279 g/mol. The van der Waals surface area contributed by atoms with Gasteiger partial charge in [0.25, 0.3) is 0 Å². The SMILES string of the molecule is CC(C)C1=C(C(C)C)c2ccccc2CS(=O)(=O)N1. The minimum absolute atomic E-state index is 0.0512. The molecule has 104 valence electrons. The highest BCUT2D eigenvalue weighted by Crippen LogP contribution is 2.34. The van der Waals surface area contributed by atoms with Gasteiger partial charge in [0.1, 0.15) is 0 Å². The van der Waals surface area contributed by atoms with Crippen molar-refractivity contribution in [3.05, 3.63) is 41.1 Å². The van der Waals surface area contributed by atoms with Crippen LogP contribution in [0, 0.1) is 11.8 Å². The fraction of sp³-hybridized carbons (Fsp3) is 0.467.